The van der Waals surface area contributed by atoms with Gasteiger partial charge in [0.2, 0.25) is 15.9 Å². The molecule has 2 atom stereocenters. The highest BCUT2D eigenvalue weighted by atomic mass is 35.5. The van der Waals surface area contributed by atoms with Crippen LogP contribution in [0.3, 0.4) is 0 Å². The number of hydrogen-bond acceptors (Lipinski definition) is 9. The highest BCUT2D eigenvalue weighted by Gasteiger charge is 2.41. The molecule has 11 nitrogen and oxygen atoms in total. The van der Waals surface area contributed by atoms with Gasteiger partial charge in [-0.15, -0.1) is 0 Å². The molecule has 1 heterocycles. The largest absolute Gasteiger partial charge is 0.493 e. The Morgan fingerprint density at radius 2 is 1.84 bits per heavy atom. The number of halogens is 1. The number of para-hydroxylation sites is 1. The molecule has 3 rings (SSSR count). The molecule has 0 radical (unpaired) electrons. The number of anilines is 1. The molecule has 0 spiro atoms. The van der Waals surface area contributed by atoms with Gasteiger partial charge < -0.3 is 23.8 Å². The summed E-state index contributed by atoms with van der Waals surface area (Å²) in [6, 6.07) is 10.2. The van der Waals surface area contributed by atoms with Crippen LogP contribution in [-0.2, 0) is 33.9 Å². The quantitative estimate of drug-likeness (QED) is 0.316. The Hall–Kier alpha value is -3.35. The Balaban J connectivity index is 2.15. The minimum absolute atomic E-state index is 0.0177. The number of methoxy groups -OCH3 is 2. The maximum atomic E-state index is 14.2. The van der Waals surface area contributed by atoms with Crippen molar-refractivity contribution in [1.82, 2.24) is 4.72 Å². The molecule has 0 aromatic heterocycles. The van der Waals surface area contributed by atoms with Crippen molar-refractivity contribution >= 4 is 45.1 Å². The van der Waals surface area contributed by atoms with E-state index >= 15 is 0 Å². The van der Waals surface area contributed by atoms with Crippen LogP contribution < -0.4 is 19.1 Å². The van der Waals surface area contributed by atoms with Crippen molar-refractivity contribution in [3.8, 4) is 11.5 Å². The molecule has 0 fully saturated rings. The van der Waals surface area contributed by atoms with Gasteiger partial charge in [0.15, 0.2) is 11.5 Å². The maximum absolute atomic E-state index is 14.2. The van der Waals surface area contributed by atoms with Crippen molar-refractivity contribution in [3.63, 3.8) is 0 Å². The van der Waals surface area contributed by atoms with Crippen LogP contribution in [0.25, 0.3) is 0 Å². The smallest absolute Gasteiger partial charge is 0.302 e. The summed E-state index contributed by atoms with van der Waals surface area (Å²) in [5, 5.41) is 0.374. The third kappa shape index (κ3) is 8.84. The molecule has 13 heteroatoms. The second kappa shape index (κ2) is 14.4. The van der Waals surface area contributed by atoms with Gasteiger partial charge in [0.25, 0.3) is 5.91 Å². The Kier molecular flexibility index (Phi) is 11.4. The number of unbranched alkanes of at least 4 members (excludes halogenated alkanes) is 1. The van der Waals surface area contributed by atoms with E-state index < -0.39 is 51.9 Å². The molecule has 1 aliphatic heterocycles. The molecule has 0 unspecified atom stereocenters. The molecule has 43 heavy (non-hydrogen) atoms. The van der Waals surface area contributed by atoms with E-state index in [9.17, 15) is 22.8 Å². The first-order chi connectivity index (χ1) is 20.2. The van der Waals surface area contributed by atoms with E-state index in [4.69, 9.17) is 30.5 Å². The summed E-state index contributed by atoms with van der Waals surface area (Å²) in [5.41, 5.74) is 0.746. The lowest BCUT2D eigenvalue weighted by Gasteiger charge is -2.33. The van der Waals surface area contributed by atoms with E-state index in [1.165, 1.54) is 26.0 Å². The van der Waals surface area contributed by atoms with Gasteiger partial charge in [0.05, 0.1) is 33.0 Å². The van der Waals surface area contributed by atoms with Crippen molar-refractivity contribution < 1.29 is 41.7 Å². The van der Waals surface area contributed by atoms with Gasteiger partial charge in [-0.05, 0) is 30.7 Å². The lowest BCUT2D eigenvalue weighted by Crippen LogP contribution is -2.47. The topological polar surface area (TPSA) is 138 Å². The van der Waals surface area contributed by atoms with Crippen LogP contribution in [-0.4, -0.2) is 65.4 Å². The molecule has 1 aliphatic rings. The van der Waals surface area contributed by atoms with Crippen LogP contribution in [0.4, 0.5) is 5.69 Å². The third-order valence-corrected chi connectivity index (χ3v) is 8.38. The van der Waals surface area contributed by atoms with Gasteiger partial charge in [-0.3, -0.25) is 19.1 Å². The van der Waals surface area contributed by atoms with Crippen LogP contribution in [0.2, 0.25) is 5.02 Å². The number of nitrogens with zero attached hydrogens (tertiary/aromatic N) is 1. The molecular formula is C30H39ClN2O9S. The van der Waals surface area contributed by atoms with Crippen LogP contribution in [0.1, 0.15) is 64.2 Å². The summed E-state index contributed by atoms with van der Waals surface area (Å²) >= 11 is 6.45. The van der Waals surface area contributed by atoms with E-state index in [1.54, 1.807) is 36.4 Å². The Bertz CT molecular complexity index is 1450. The second-order valence-corrected chi connectivity index (χ2v) is 13.3. The highest BCUT2D eigenvalue weighted by molar-refractivity contribution is 7.90. The zero-order chi connectivity index (χ0) is 31.9. The Labute approximate surface area is 257 Å². The fourth-order valence-corrected chi connectivity index (χ4v) is 6.15. The SMILES string of the molecule is CCCCS(=O)(=O)NC(=O)C[C@H]1O[C@H](c2cccc(OC)c2OC)c2cc(Cl)ccc2N(CC(C)(C)COC(C)=O)C1=O. The molecule has 0 bridgehead atoms. The van der Waals surface area contributed by atoms with Crippen molar-refractivity contribution in [1.29, 1.82) is 0 Å². The minimum Gasteiger partial charge on any atom is -0.493 e. The van der Waals surface area contributed by atoms with Crippen LogP contribution >= 0.6 is 11.6 Å². The predicted molar refractivity (Wildman–Crippen MR) is 162 cm³/mol. The van der Waals surface area contributed by atoms with Crippen molar-refractivity contribution in [2.75, 3.05) is 38.0 Å². The molecule has 1 N–H and O–H groups in total. The van der Waals surface area contributed by atoms with Gasteiger partial charge in [-0.25, -0.2) is 8.42 Å². The number of carbonyl (C=O) groups excluding carboxylic acids is 3. The zero-order valence-electron chi connectivity index (χ0n) is 25.3. The van der Waals surface area contributed by atoms with E-state index in [1.807, 2.05) is 20.8 Å². The van der Waals surface area contributed by atoms with E-state index in [-0.39, 0.29) is 18.9 Å². The number of rotatable bonds is 13. The average Bonchev–Trinajstić information content (AvgIpc) is 3.04. The number of hydrogen-bond donors (Lipinski definition) is 1. The second-order valence-electron chi connectivity index (χ2n) is 11.1. The Morgan fingerprint density at radius 1 is 1.12 bits per heavy atom. The monoisotopic (exact) mass is 638 g/mol. The molecule has 2 amide bonds. The summed E-state index contributed by atoms with van der Waals surface area (Å²) < 4.78 is 49.8. The third-order valence-electron chi connectivity index (χ3n) is 6.78. The molecule has 0 saturated heterocycles. The molecular weight excluding hydrogens is 600 g/mol. The summed E-state index contributed by atoms with van der Waals surface area (Å²) in [6.07, 6.45) is -1.95. The number of benzene rings is 2. The van der Waals surface area contributed by atoms with Crippen LogP contribution in [0, 0.1) is 5.41 Å². The van der Waals surface area contributed by atoms with Crippen molar-refractivity contribution in [2.24, 2.45) is 5.41 Å². The van der Waals surface area contributed by atoms with Gasteiger partial charge in [0.1, 0.15) is 12.2 Å². The van der Waals surface area contributed by atoms with E-state index in [2.05, 4.69) is 4.72 Å². The molecule has 2 aromatic carbocycles. The number of amides is 2. The summed E-state index contributed by atoms with van der Waals surface area (Å²) in [7, 11) is -0.946. The van der Waals surface area contributed by atoms with Crippen molar-refractivity contribution in [3.05, 3.63) is 52.5 Å². The summed E-state index contributed by atoms with van der Waals surface area (Å²) in [5.74, 6) is -1.38. The fourth-order valence-electron chi connectivity index (χ4n) is 4.77. The molecule has 236 valence electrons. The first kappa shape index (κ1) is 34.1. The zero-order valence-corrected chi connectivity index (χ0v) is 26.8. The number of carbonyl (C=O) groups is 3. The lowest BCUT2D eigenvalue weighted by atomic mass is 9.92. The van der Waals surface area contributed by atoms with Gasteiger partial charge in [-0.1, -0.05) is 50.9 Å². The summed E-state index contributed by atoms with van der Waals surface area (Å²) in [4.78, 5) is 40.3. The first-order valence-corrected chi connectivity index (χ1v) is 15.9. The Morgan fingerprint density at radius 3 is 2.47 bits per heavy atom. The number of nitrogens with one attached hydrogen (secondary N) is 1. The number of ether oxygens (including phenoxy) is 4. The van der Waals surface area contributed by atoms with E-state index in [0.29, 0.717) is 46.2 Å². The van der Waals surface area contributed by atoms with Gasteiger partial charge >= 0.3 is 5.97 Å². The predicted octanol–water partition coefficient (Wildman–Crippen LogP) is 4.40. The maximum Gasteiger partial charge on any atom is 0.302 e. The average molecular weight is 639 g/mol. The minimum atomic E-state index is -3.91. The molecule has 0 aliphatic carbocycles. The van der Waals surface area contributed by atoms with Gasteiger partial charge in [-0.2, -0.15) is 0 Å². The number of sulfonamides is 1. The number of esters is 1. The fraction of sp³-hybridized carbons (Fsp3) is 0.500. The molecule has 0 saturated carbocycles. The highest BCUT2D eigenvalue weighted by Crippen LogP contribution is 2.45. The van der Waals surface area contributed by atoms with E-state index in [0.717, 1.165) is 0 Å². The summed E-state index contributed by atoms with van der Waals surface area (Å²) in [6.45, 7) is 6.89. The van der Waals surface area contributed by atoms with Gasteiger partial charge in [0, 0.05) is 40.7 Å². The normalized spacial score (nSPS) is 17.1. The van der Waals surface area contributed by atoms with Crippen LogP contribution in [0.15, 0.2) is 36.4 Å². The first-order valence-electron chi connectivity index (χ1n) is 13.9. The van der Waals surface area contributed by atoms with Crippen LogP contribution in [0.5, 0.6) is 11.5 Å². The molecule has 2 aromatic rings. The number of fused-ring (bicyclic) bond motifs is 1. The standard InChI is InChI=1S/C30H39ClN2O9S/c1-7-8-14-43(37,38)32-26(35)16-25-29(36)33(17-30(3,4)18-41-19(2)34)23-13-12-20(31)15-22(23)27(42-25)21-10-9-11-24(39-5)28(21)40-6/h9-13,15,25,27H,7-8,14,16-18H2,1-6H3,(H,32,35)/t25-,27-/m1/s1. The van der Waals surface area contributed by atoms with Crippen molar-refractivity contribution in [2.45, 2.75) is 59.2 Å². The lowest BCUT2D eigenvalue weighted by molar-refractivity contribution is -0.144.